The van der Waals surface area contributed by atoms with Gasteiger partial charge in [-0.1, -0.05) is 6.92 Å². The van der Waals surface area contributed by atoms with Gasteiger partial charge in [-0.15, -0.1) is 0 Å². The molecule has 0 atom stereocenters. The van der Waals surface area contributed by atoms with E-state index >= 15 is 0 Å². The molecule has 0 aromatic carbocycles. The number of nitrogens with one attached hydrogen (secondary N) is 3. The van der Waals surface area contributed by atoms with Gasteiger partial charge in [0.1, 0.15) is 5.82 Å². The average Bonchev–Trinajstić information content (AvgIpc) is 2.92. The first kappa shape index (κ1) is 15.0. The maximum atomic E-state index is 11.8. The van der Waals surface area contributed by atoms with Crippen LogP contribution in [0, 0.1) is 0 Å². The highest BCUT2D eigenvalue weighted by atomic mass is 16.2. The second-order valence-electron chi connectivity index (χ2n) is 4.74. The second-order valence-corrected chi connectivity index (χ2v) is 4.74. The Morgan fingerprint density at radius 3 is 2.90 bits per heavy atom. The molecule has 114 valence electrons. The highest BCUT2D eigenvalue weighted by molar-refractivity contribution is 5.90. The minimum Gasteiger partial charge on any atom is -0.355 e. The molecular weight excluding hydrogens is 270 g/mol. The molecule has 21 heavy (non-hydrogen) atoms. The lowest BCUT2D eigenvalue weighted by molar-refractivity contribution is -0.119. The Hall–Kier alpha value is -2.38. The minimum atomic E-state index is -0.0281. The van der Waals surface area contributed by atoms with E-state index in [0.717, 1.165) is 18.4 Å². The van der Waals surface area contributed by atoms with Crippen LogP contribution in [0.1, 0.15) is 20.3 Å². The van der Waals surface area contributed by atoms with Crippen LogP contribution in [0.5, 0.6) is 0 Å². The summed E-state index contributed by atoms with van der Waals surface area (Å²) in [5.41, 5.74) is 0.650. The fourth-order valence-electron chi connectivity index (χ4n) is 1.96. The number of aromatic nitrogens is 4. The van der Waals surface area contributed by atoms with Gasteiger partial charge >= 0.3 is 0 Å². The molecule has 0 aliphatic heterocycles. The van der Waals surface area contributed by atoms with E-state index in [2.05, 4.69) is 30.8 Å². The van der Waals surface area contributed by atoms with Gasteiger partial charge in [-0.3, -0.25) is 9.89 Å². The van der Waals surface area contributed by atoms with Crippen LogP contribution >= 0.6 is 0 Å². The zero-order valence-corrected chi connectivity index (χ0v) is 12.6. The van der Waals surface area contributed by atoms with Crippen molar-refractivity contribution in [2.24, 2.45) is 0 Å². The van der Waals surface area contributed by atoms with Gasteiger partial charge in [0.2, 0.25) is 11.9 Å². The summed E-state index contributed by atoms with van der Waals surface area (Å²) in [4.78, 5) is 22.4. The molecule has 8 nitrogen and oxygen atoms in total. The van der Waals surface area contributed by atoms with Crippen LogP contribution in [0.15, 0.2) is 6.20 Å². The maximum absolute atomic E-state index is 11.8. The number of carbonyl (C=O) groups is 1. The number of anilines is 2. The molecule has 0 fully saturated rings. The molecule has 0 radical (unpaired) electrons. The Morgan fingerprint density at radius 1 is 1.38 bits per heavy atom. The summed E-state index contributed by atoms with van der Waals surface area (Å²) in [6.07, 6.45) is 2.58. The van der Waals surface area contributed by atoms with Crippen molar-refractivity contribution in [3.63, 3.8) is 0 Å². The van der Waals surface area contributed by atoms with E-state index in [4.69, 9.17) is 0 Å². The van der Waals surface area contributed by atoms with Crippen molar-refractivity contribution in [1.82, 2.24) is 25.5 Å². The topological polar surface area (TPSA) is 98.8 Å². The Balaban J connectivity index is 2.22. The fraction of sp³-hybridized carbons (Fsp3) is 0.538. The third-order valence-electron chi connectivity index (χ3n) is 2.94. The molecule has 2 rings (SSSR count). The lowest BCUT2D eigenvalue weighted by Gasteiger charge is -2.19. The van der Waals surface area contributed by atoms with Gasteiger partial charge in [0.15, 0.2) is 5.65 Å². The monoisotopic (exact) mass is 291 g/mol. The minimum absolute atomic E-state index is 0.0281. The zero-order valence-electron chi connectivity index (χ0n) is 12.6. The Labute approximate surface area is 123 Å². The summed E-state index contributed by atoms with van der Waals surface area (Å²) in [7, 11) is 1.83. The third-order valence-corrected chi connectivity index (χ3v) is 2.94. The van der Waals surface area contributed by atoms with Crippen LogP contribution in [-0.4, -0.2) is 52.8 Å². The van der Waals surface area contributed by atoms with Crippen LogP contribution in [0.25, 0.3) is 11.0 Å². The molecule has 0 aliphatic carbocycles. The first-order valence-electron chi connectivity index (χ1n) is 7.08. The Kier molecular flexibility index (Phi) is 4.91. The van der Waals surface area contributed by atoms with Crippen LogP contribution in [0.3, 0.4) is 0 Å². The summed E-state index contributed by atoms with van der Waals surface area (Å²) in [6.45, 7) is 5.64. The number of amides is 1. The van der Waals surface area contributed by atoms with Crippen molar-refractivity contribution in [3.8, 4) is 0 Å². The van der Waals surface area contributed by atoms with Crippen LogP contribution < -0.4 is 15.5 Å². The Bertz CT molecular complexity index is 610. The van der Waals surface area contributed by atoms with Crippen molar-refractivity contribution in [2.75, 3.05) is 36.9 Å². The predicted molar refractivity (Wildman–Crippen MR) is 82.4 cm³/mol. The van der Waals surface area contributed by atoms with E-state index in [1.165, 1.54) is 0 Å². The number of nitrogens with zero attached hydrogens (tertiary/aromatic N) is 4. The number of rotatable bonds is 7. The number of fused-ring (bicyclic) bond motifs is 1. The SMILES string of the molecule is CCCNC(=O)CN(C)c1nc(NCC)nc2[nH]ncc12. The molecule has 2 aromatic rings. The quantitative estimate of drug-likeness (QED) is 0.696. The van der Waals surface area contributed by atoms with Crippen molar-refractivity contribution in [1.29, 1.82) is 0 Å². The van der Waals surface area contributed by atoms with Gasteiger partial charge in [0.25, 0.3) is 0 Å². The molecule has 1 amide bonds. The molecule has 0 unspecified atom stereocenters. The van der Waals surface area contributed by atoms with Gasteiger partial charge < -0.3 is 15.5 Å². The van der Waals surface area contributed by atoms with E-state index < -0.39 is 0 Å². The molecule has 8 heteroatoms. The first-order valence-corrected chi connectivity index (χ1v) is 7.08. The summed E-state index contributed by atoms with van der Waals surface area (Å²) in [6, 6.07) is 0. The lowest BCUT2D eigenvalue weighted by atomic mass is 10.3. The van der Waals surface area contributed by atoms with Crippen molar-refractivity contribution in [3.05, 3.63) is 6.20 Å². The van der Waals surface area contributed by atoms with Gasteiger partial charge in [-0.2, -0.15) is 15.1 Å². The van der Waals surface area contributed by atoms with Crippen LogP contribution in [0.4, 0.5) is 11.8 Å². The fourth-order valence-corrected chi connectivity index (χ4v) is 1.96. The largest absolute Gasteiger partial charge is 0.355 e. The average molecular weight is 291 g/mol. The predicted octanol–water partition coefficient (Wildman–Crippen LogP) is 0.747. The summed E-state index contributed by atoms with van der Waals surface area (Å²) < 4.78 is 0. The second kappa shape index (κ2) is 6.87. The van der Waals surface area contributed by atoms with Crippen molar-refractivity contribution < 1.29 is 4.79 Å². The number of carbonyl (C=O) groups excluding carboxylic acids is 1. The molecule has 0 bridgehead atoms. The molecule has 0 saturated heterocycles. The van der Waals surface area contributed by atoms with Gasteiger partial charge in [0, 0.05) is 20.1 Å². The summed E-state index contributed by atoms with van der Waals surface area (Å²) in [5, 5.41) is 13.5. The van der Waals surface area contributed by atoms with E-state index in [1.807, 2.05) is 20.9 Å². The van der Waals surface area contributed by atoms with Crippen molar-refractivity contribution in [2.45, 2.75) is 20.3 Å². The summed E-state index contributed by atoms with van der Waals surface area (Å²) in [5.74, 6) is 1.17. The number of H-pyrrole nitrogens is 1. The highest BCUT2D eigenvalue weighted by Crippen LogP contribution is 2.22. The molecular formula is C13H21N7O. The standard InChI is InChI=1S/C13H21N7O/c1-4-6-15-10(21)8-20(3)12-9-7-16-19-11(9)17-13(18-12)14-5-2/h7H,4-6,8H2,1-3H3,(H,15,21)(H2,14,16,17,18,19). The van der Waals surface area contributed by atoms with Crippen LogP contribution in [0.2, 0.25) is 0 Å². The molecule has 2 aromatic heterocycles. The number of hydrogen-bond acceptors (Lipinski definition) is 6. The lowest BCUT2D eigenvalue weighted by Crippen LogP contribution is -2.36. The van der Waals surface area contributed by atoms with Crippen molar-refractivity contribution >= 4 is 28.7 Å². The number of likely N-dealkylation sites (N-methyl/N-ethyl adjacent to an activating group) is 1. The maximum Gasteiger partial charge on any atom is 0.239 e. The summed E-state index contributed by atoms with van der Waals surface area (Å²) >= 11 is 0. The first-order chi connectivity index (χ1) is 10.2. The molecule has 0 spiro atoms. The Morgan fingerprint density at radius 2 is 2.19 bits per heavy atom. The van der Waals surface area contributed by atoms with E-state index in [-0.39, 0.29) is 12.5 Å². The number of hydrogen-bond donors (Lipinski definition) is 3. The molecule has 0 aliphatic rings. The molecule has 2 heterocycles. The smallest absolute Gasteiger partial charge is 0.239 e. The van der Waals surface area contributed by atoms with E-state index in [0.29, 0.717) is 24.0 Å². The van der Waals surface area contributed by atoms with E-state index in [1.54, 1.807) is 11.1 Å². The molecule has 0 saturated carbocycles. The molecule has 3 N–H and O–H groups in total. The number of aromatic amines is 1. The van der Waals surface area contributed by atoms with E-state index in [9.17, 15) is 4.79 Å². The zero-order chi connectivity index (χ0) is 15.2. The highest BCUT2D eigenvalue weighted by Gasteiger charge is 2.15. The van der Waals surface area contributed by atoms with Gasteiger partial charge in [-0.25, -0.2) is 0 Å². The third kappa shape index (κ3) is 3.59. The van der Waals surface area contributed by atoms with Gasteiger partial charge in [-0.05, 0) is 13.3 Å². The van der Waals surface area contributed by atoms with Crippen LogP contribution in [-0.2, 0) is 4.79 Å². The van der Waals surface area contributed by atoms with Gasteiger partial charge in [0.05, 0.1) is 18.1 Å². The normalized spacial score (nSPS) is 10.6.